The van der Waals surface area contributed by atoms with Crippen molar-refractivity contribution in [2.24, 2.45) is 0 Å². The van der Waals surface area contributed by atoms with E-state index in [0.29, 0.717) is 5.69 Å². The highest BCUT2D eigenvalue weighted by Crippen LogP contribution is 2.29. The summed E-state index contributed by atoms with van der Waals surface area (Å²) >= 11 is 5.95. The minimum Gasteiger partial charge on any atom is -0.478 e. The second kappa shape index (κ2) is 5.59. The highest BCUT2D eigenvalue weighted by molar-refractivity contribution is 6.34. The number of anilines is 1. The summed E-state index contributed by atoms with van der Waals surface area (Å²) in [5, 5.41) is 12.6. The van der Waals surface area contributed by atoms with Gasteiger partial charge >= 0.3 is 5.97 Å². The van der Waals surface area contributed by atoms with Gasteiger partial charge < -0.3 is 14.8 Å². The molecule has 4 nitrogen and oxygen atoms in total. The number of halogens is 1. The van der Waals surface area contributed by atoms with Crippen LogP contribution in [-0.2, 0) is 0 Å². The van der Waals surface area contributed by atoms with Crippen molar-refractivity contribution in [3.05, 3.63) is 51.9 Å². The second-order valence-electron chi connectivity index (χ2n) is 4.70. The van der Waals surface area contributed by atoms with Crippen LogP contribution < -0.4 is 5.32 Å². The predicted octanol–water partition coefficient (Wildman–Crippen LogP) is 4.42. The Morgan fingerprint density at radius 2 is 2.10 bits per heavy atom. The largest absolute Gasteiger partial charge is 0.478 e. The SMILES string of the molecule is Cc1cc(C(C)Nc2cccc(Cl)c2C(=O)O)c(C)o1. The van der Waals surface area contributed by atoms with Crippen LogP contribution in [0.2, 0.25) is 5.02 Å². The van der Waals surface area contributed by atoms with Gasteiger partial charge in [-0.1, -0.05) is 17.7 Å². The van der Waals surface area contributed by atoms with Crippen LogP contribution in [-0.4, -0.2) is 11.1 Å². The van der Waals surface area contributed by atoms with E-state index in [4.69, 9.17) is 16.0 Å². The maximum atomic E-state index is 11.3. The lowest BCUT2D eigenvalue weighted by atomic mass is 10.1. The second-order valence-corrected chi connectivity index (χ2v) is 5.11. The number of aromatic carboxylic acids is 1. The average Bonchev–Trinajstić information content (AvgIpc) is 2.68. The van der Waals surface area contributed by atoms with Crippen molar-refractivity contribution in [2.75, 3.05) is 5.32 Å². The van der Waals surface area contributed by atoms with Crippen molar-refractivity contribution in [1.82, 2.24) is 0 Å². The van der Waals surface area contributed by atoms with Crippen LogP contribution in [0.5, 0.6) is 0 Å². The summed E-state index contributed by atoms with van der Waals surface area (Å²) in [6.07, 6.45) is 0. The molecule has 1 atom stereocenters. The van der Waals surface area contributed by atoms with Crippen LogP contribution in [0.3, 0.4) is 0 Å². The Labute approximate surface area is 122 Å². The Kier molecular flexibility index (Phi) is 4.04. The molecule has 0 aliphatic heterocycles. The fourth-order valence-corrected chi connectivity index (χ4v) is 2.51. The molecule has 1 aromatic heterocycles. The van der Waals surface area contributed by atoms with Crippen molar-refractivity contribution < 1.29 is 14.3 Å². The number of hydrogen-bond donors (Lipinski definition) is 2. The molecule has 0 aliphatic carbocycles. The van der Waals surface area contributed by atoms with E-state index in [1.54, 1.807) is 18.2 Å². The molecule has 1 aromatic carbocycles. The summed E-state index contributed by atoms with van der Waals surface area (Å²) in [7, 11) is 0. The first-order valence-corrected chi connectivity index (χ1v) is 6.63. The Bertz CT molecular complexity index is 649. The van der Waals surface area contributed by atoms with Crippen LogP contribution in [0.15, 0.2) is 28.7 Å². The van der Waals surface area contributed by atoms with E-state index in [0.717, 1.165) is 17.1 Å². The molecule has 1 heterocycles. The number of carboxylic acid groups (broad SMARTS) is 1. The molecule has 0 spiro atoms. The van der Waals surface area contributed by atoms with E-state index < -0.39 is 5.97 Å². The molecule has 5 heteroatoms. The molecule has 0 amide bonds. The molecule has 2 N–H and O–H groups in total. The van der Waals surface area contributed by atoms with Crippen molar-refractivity contribution in [1.29, 1.82) is 0 Å². The first-order valence-electron chi connectivity index (χ1n) is 6.25. The molecule has 0 radical (unpaired) electrons. The van der Waals surface area contributed by atoms with E-state index in [2.05, 4.69) is 5.32 Å². The molecule has 1 unspecified atom stereocenters. The third-order valence-corrected chi connectivity index (χ3v) is 3.46. The Morgan fingerprint density at radius 1 is 1.40 bits per heavy atom. The summed E-state index contributed by atoms with van der Waals surface area (Å²) in [5.74, 6) is 0.600. The van der Waals surface area contributed by atoms with Gasteiger partial charge in [0.15, 0.2) is 0 Å². The minimum atomic E-state index is -1.05. The molecule has 0 bridgehead atoms. The van der Waals surface area contributed by atoms with Crippen LogP contribution in [0.4, 0.5) is 5.69 Å². The lowest BCUT2D eigenvalue weighted by Gasteiger charge is -2.17. The Balaban J connectivity index is 2.33. The molecule has 106 valence electrons. The highest BCUT2D eigenvalue weighted by atomic mass is 35.5. The van der Waals surface area contributed by atoms with Gasteiger partial charge in [-0.2, -0.15) is 0 Å². The standard InChI is InChI=1S/C15H16ClNO3/c1-8-7-11(10(3)20-8)9(2)17-13-6-4-5-12(16)14(13)15(18)19/h4-7,9,17H,1-3H3,(H,18,19). The van der Waals surface area contributed by atoms with Gasteiger partial charge in [0.2, 0.25) is 0 Å². The summed E-state index contributed by atoms with van der Waals surface area (Å²) in [6, 6.07) is 6.85. The highest BCUT2D eigenvalue weighted by Gasteiger charge is 2.18. The molecule has 0 saturated carbocycles. The number of nitrogens with one attached hydrogen (secondary N) is 1. The minimum absolute atomic E-state index is 0.0796. The fourth-order valence-electron chi connectivity index (χ4n) is 2.25. The van der Waals surface area contributed by atoms with Gasteiger partial charge in [-0.25, -0.2) is 4.79 Å². The zero-order valence-corrected chi connectivity index (χ0v) is 12.3. The van der Waals surface area contributed by atoms with E-state index in [1.807, 2.05) is 26.8 Å². The molecule has 2 aromatic rings. The Morgan fingerprint density at radius 3 is 2.65 bits per heavy atom. The quantitative estimate of drug-likeness (QED) is 0.876. The van der Waals surface area contributed by atoms with Crippen molar-refractivity contribution in [3.8, 4) is 0 Å². The normalized spacial score (nSPS) is 12.2. The number of hydrogen-bond acceptors (Lipinski definition) is 3. The molecule has 0 aliphatic rings. The van der Waals surface area contributed by atoms with Crippen LogP contribution in [0.25, 0.3) is 0 Å². The maximum Gasteiger partial charge on any atom is 0.339 e. The lowest BCUT2D eigenvalue weighted by Crippen LogP contribution is -2.11. The zero-order valence-electron chi connectivity index (χ0n) is 11.5. The topological polar surface area (TPSA) is 62.5 Å². The first kappa shape index (κ1) is 14.5. The van der Waals surface area contributed by atoms with Crippen LogP contribution in [0, 0.1) is 13.8 Å². The van der Waals surface area contributed by atoms with Gasteiger partial charge in [-0.15, -0.1) is 0 Å². The number of benzene rings is 1. The average molecular weight is 294 g/mol. The number of rotatable bonds is 4. The number of furan rings is 1. The van der Waals surface area contributed by atoms with Crippen LogP contribution >= 0.6 is 11.6 Å². The van der Waals surface area contributed by atoms with E-state index in [-0.39, 0.29) is 16.6 Å². The van der Waals surface area contributed by atoms with Crippen molar-refractivity contribution in [3.63, 3.8) is 0 Å². The van der Waals surface area contributed by atoms with Gasteiger partial charge in [-0.05, 0) is 39.0 Å². The van der Waals surface area contributed by atoms with Gasteiger partial charge in [-0.3, -0.25) is 0 Å². The van der Waals surface area contributed by atoms with E-state index >= 15 is 0 Å². The Hall–Kier alpha value is -1.94. The smallest absolute Gasteiger partial charge is 0.339 e. The molecular weight excluding hydrogens is 278 g/mol. The monoisotopic (exact) mass is 293 g/mol. The summed E-state index contributed by atoms with van der Waals surface area (Å²) < 4.78 is 5.49. The lowest BCUT2D eigenvalue weighted by molar-refractivity contribution is 0.0698. The molecule has 0 saturated heterocycles. The maximum absolute atomic E-state index is 11.3. The predicted molar refractivity (Wildman–Crippen MR) is 78.6 cm³/mol. The number of aryl methyl sites for hydroxylation is 2. The molecule has 2 rings (SSSR count). The number of carbonyl (C=O) groups is 1. The van der Waals surface area contributed by atoms with Crippen molar-refractivity contribution in [2.45, 2.75) is 26.8 Å². The summed E-state index contributed by atoms with van der Waals surface area (Å²) in [6.45, 7) is 5.71. The van der Waals surface area contributed by atoms with E-state index in [1.165, 1.54) is 0 Å². The first-order chi connectivity index (χ1) is 9.40. The summed E-state index contributed by atoms with van der Waals surface area (Å²) in [4.78, 5) is 11.3. The fraction of sp³-hybridized carbons (Fsp3) is 0.267. The van der Waals surface area contributed by atoms with Crippen LogP contribution in [0.1, 0.15) is 40.4 Å². The zero-order chi connectivity index (χ0) is 14.9. The van der Waals surface area contributed by atoms with Gasteiger partial charge in [0.05, 0.1) is 16.8 Å². The molecule has 20 heavy (non-hydrogen) atoms. The van der Waals surface area contributed by atoms with Gasteiger partial charge in [0.1, 0.15) is 17.1 Å². The van der Waals surface area contributed by atoms with Gasteiger partial charge in [0, 0.05) is 5.56 Å². The molecule has 0 fully saturated rings. The van der Waals surface area contributed by atoms with Crippen molar-refractivity contribution >= 4 is 23.3 Å². The number of carboxylic acids is 1. The third kappa shape index (κ3) is 2.80. The van der Waals surface area contributed by atoms with Gasteiger partial charge in [0.25, 0.3) is 0 Å². The summed E-state index contributed by atoms with van der Waals surface area (Å²) in [5.41, 5.74) is 1.58. The molecular formula is C15H16ClNO3. The van der Waals surface area contributed by atoms with E-state index in [9.17, 15) is 9.90 Å². The third-order valence-electron chi connectivity index (χ3n) is 3.15.